The number of halogens is 2. The molecule has 0 radical (unpaired) electrons. The van der Waals surface area contributed by atoms with Gasteiger partial charge < -0.3 is 5.32 Å². The van der Waals surface area contributed by atoms with Crippen LogP contribution in [-0.4, -0.2) is 15.2 Å². The Bertz CT molecular complexity index is 571. The average molecular weight is 257 g/mol. The van der Waals surface area contributed by atoms with E-state index in [1.54, 1.807) is 6.07 Å². The van der Waals surface area contributed by atoms with E-state index in [2.05, 4.69) is 20.5 Å². The number of anilines is 2. The Morgan fingerprint density at radius 1 is 1.44 bits per heavy atom. The second kappa shape index (κ2) is 4.54. The highest BCUT2D eigenvalue weighted by molar-refractivity contribution is 7.71. The summed E-state index contributed by atoms with van der Waals surface area (Å²) in [6.07, 6.45) is 1.47. The summed E-state index contributed by atoms with van der Waals surface area (Å²) in [4.78, 5) is 3.97. The molecule has 0 unspecified atom stereocenters. The lowest BCUT2D eigenvalue weighted by atomic mass is 10.3. The molecule has 1 aromatic carbocycles. The molecule has 0 fully saturated rings. The van der Waals surface area contributed by atoms with Gasteiger partial charge in [-0.1, -0.05) is 11.6 Å². The Hall–Kier alpha value is -1.53. The summed E-state index contributed by atoms with van der Waals surface area (Å²) in [6, 6.07) is 4.27. The Morgan fingerprint density at radius 3 is 2.94 bits per heavy atom. The molecule has 0 amide bonds. The number of H-pyrrole nitrogens is 1. The lowest BCUT2D eigenvalue weighted by Crippen LogP contribution is -1.96. The third kappa shape index (κ3) is 2.53. The Morgan fingerprint density at radius 2 is 2.25 bits per heavy atom. The topological polar surface area (TPSA) is 53.6 Å². The summed E-state index contributed by atoms with van der Waals surface area (Å²) in [6.45, 7) is 0. The van der Waals surface area contributed by atoms with Gasteiger partial charge in [0.15, 0.2) is 5.82 Å². The second-order valence-corrected chi connectivity index (χ2v) is 3.72. The van der Waals surface area contributed by atoms with Crippen LogP contribution in [0.3, 0.4) is 0 Å². The van der Waals surface area contributed by atoms with Crippen LogP contribution < -0.4 is 5.32 Å². The Kier molecular flexibility index (Phi) is 3.12. The molecule has 7 heteroatoms. The summed E-state index contributed by atoms with van der Waals surface area (Å²) in [5.74, 6) is -0.00456. The molecule has 0 saturated heterocycles. The van der Waals surface area contributed by atoms with Crippen molar-refractivity contribution in [1.29, 1.82) is 0 Å². The molecule has 2 aromatic rings. The molecule has 0 spiro atoms. The third-order valence-corrected chi connectivity index (χ3v) is 2.23. The van der Waals surface area contributed by atoms with Gasteiger partial charge in [-0.2, -0.15) is 10.1 Å². The highest BCUT2D eigenvalue weighted by atomic mass is 35.5. The van der Waals surface area contributed by atoms with Crippen LogP contribution in [0.5, 0.6) is 0 Å². The molecule has 16 heavy (non-hydrogen) atoms. The largest absolute Gasteiger partial charge is 0.339 e. The normalized spacial score (nSPS) is 10.1. The van der Waals surface area contributed by atoms with E-state index in [1.165, 1.54) is 18.3 Å². The SMILES string of the molecule is Fc1ccc(Nc2cn[nH]c(=S)n2)cc1Cl. The molecule has 82 valence electrons. The number of nitrogens with zero attached hydrogens (tertiary/aromatic N) is 2. The summed E-state index contributed by atoms with van der Waals surface area (Å²) in [5, 5.41) is 9.21. The van der Waals surface area contributed by atoms with E-state index in [-0.39, 0.29) is 9.79 Å². The molecule has 4 nitrogen and oxygen atoms in total. The van der Waals surface area contributed by atoms with Crippen molar-refractivity contribution in [3.63, 3.8) is 0 Å². The number of aromatic nitrogens is 3. The summed E-state index contributed by atoms with van der Waals surface area (Å²) < 4.78 is 13.2. The van der Waals surface area contributed by atoms with E-state index >= 15 is 0 Å². The van der Waals surface area contributed by atoms with Gasteiger partial charge in [0.1, 0.15) is 5.82 Å². The predicted octanol–water partition coefficient (Wildman–Crippen LogP) is 3.07. The molecule has 0 saturated carbocycles. The lowest BCUT2D eigenvalue weighted by Gasteiger charge is -2.04. The number of hydrogen-bond donors (Lipinski definition) is 2. The predicted molar refractivity (Wildman–Crippen MR) is 61.9 cm³/mol. The van der Waals surface area contributed by atoms with Gasteiger partial charge in [-0.15, -0.1) is 0 Å². The molecule has 0 aliphatic carbocycles. The van der Waals surface area contributed by atoms with Crippen LogP contribution in [-0.2, 0) is 0 Å². The van der Waals surface area contributed by atoms with E-state index in [1.807, 2.05) is 0 Å². The van der Waals surface area contributed by atoms with Crippen LogP contribution in [0.25, 0.3) is 0 Å². The first-order chi connectivity index (χ1) is 7.65. The fourth-order valence-corrected chi connectivity index (χ4v) is 1.43. The molecular formula is C9H6ClFN4S. The van der Waals surface area contributed by atoms with E-state index < -0.39 is 5.82 Å². The van der Waals surface area contributed by atoms with Crippen molar-refractivity contribution in [2.24, 2.45) is 0 Å². The van der Waals surface area contributed by atoms with E-state index in [4.69, 9.17) is 23.8 Å². The molecule has 0 aliphatic heterocycles. The van der Waals surface area contributed by atoms with E-state index in [9.17, 15) is 4.39 Å². The van der Waals surface area contributed by atoms with E-state index in [0.29, 0.717) is 11.5 Å². The minimum Gasteiger partial charge on any atom is -0.339 e. The van der Waals surface area contributed by atoms with Crippen molar-refractivity contribution in [3.05, 3.63) is 40.0 Å². The first kappa shape index (κ1) is 11.0. The molecule has 2 N–H and O–H groups in total. The van der Waals surface area contributed by atoms with Gasteiger partial charge >= 0.3 is 0 Å². The first-order valence-corrected chi connectivity index (χ1v) is 5.07. The van der Waals surface area contributed by atoms with Crippen LogP contribution in [0.4, 0.5) is 15.9 Å². The maximum absolute atomic E-state index is 12.9. The van der Waals surface area contributed by atoms with Crippen molar-refractivity contribution in [1.82, 2.24) is 15.2 Å². The third-order valence-electron chi connectivity index (χ3n) is 1.76. The zero-order valence-electron chi connectivity index (χ0n) is 7.87. The van der Waals surface area contributed by atoms with Crippen molar-refractivity contribution in [2.75, 3.05) is 5.32 Å². The smallest absolute Gasteiger partial charge is 0.215 e. The van der Waals surface area contributed by atoms with Crippen LogP contribution in [0, 0.1) is 10.6 Å². The minimum absolute atomic E-state index is 0.0408. The van der Waals surface area contributed by atoms with Crippen molar-refractivity contribution >= 4 is 35.3 Å². The Labute approximate surface area is 100 Å². The van der Waals surface area contributed by atoms with Gasteiger partial charge in [-0.3, -0.25) is 5.10 Å². The fraction of sp³-hybridized carbons (Fsp3) is 0. The first-order valence-electron chi connectivity index (χ1n) is 4.29. The number of nitrogens with one attached hydrogen (secondary N) is 2. The number of benzene rings is 1. The van der Waals surface area contributed by atoms with Gasteiger partial charge in [-0.25, -0.2) is 4.39 Å². The number of aromatic amines is 1. The molecule has 2 rings (SSSR count). The van der Waals surface area contributed by atoms with Crippen LogP contribution >= 0.6 is 23.8 Å². The highest BCUT2D eigenvalue weighted by Gasteiger charge is 2.01. The van der Waals surface area contributed by atoms with Gasteiger partial charge in [0.05, 0.1) is 11.2 Å². The molecule has 1 heterocycles. The van der Waals surface area contributed by atoms with Crippen LogP contribution in [0.2, 0.25) is 5.02 Å². The maximum atomic E-state index is 12.9. The Balaban J connectivity index is 2.27. The molecular weight excluding hydrogens is 251 g/mol. The summed E-state index contributed by atoms with van der Waals surface area (Å²) >= 11 is 10.4. The number of hydrogen-bond acceptors (Lipinski definition) is 4. The molecule has 1 aromatic heterocycles. The standard InChI is InChI=1S/C9H6ClFN4S/c10-6-3-5(1-2-7(6)11)13-8-4-12-15-9(16)14-8/h1-4H,(H2,13,14,15,16). The van der Waals surface area contributed by atoms with Crippen molar-refractivity contribution in [2.45, 2.75) is 0 Å². The summed E-state index contributed by atoms with van der Waals surface area (Å²) in [7, 11) is 0. The molecule has 0 aliphatic rings. The van der Waals surface area contributed by atoms with Gasteiger partial charge in [0, 0.05) is 5.69 Å². The molecule has 0 atom stereocenters. The van der Waals surface area contributed by atoms with Gasteiger partial charge in [0.2, 0.25) is 4.77 Å². The van der Waals surface area contributed by atoms with Gasteiger partial charge in [-0.05, 0) is 30.4 Å². The molecule has 0 bridgehead atoms. The monoisotopic (exact) mass is 256 g/mol. The highest BCUT2D eigenvalue weighted by Crippen LogP contribution is 2.21. The lowest BCUT2D eigenvalue weighted by molar-refractivity contribution is 0.628. The zero-order valence-corrected chi connectivity index (χ0v) is 9.44. The fourth-order valence-electron chi connectivity index (χ4n) is 1.09. The maximum Gasteiger partial charge on any atom is 0.215 e. The van der Waals surface area contributed by atoms with Crippen LogP contribution in [0.1, 0.15) is 0 Å². The van der Waals surface area contributed by atoms with E-state index in [0.717, 1.165) is 0 Å². The van der Waals surface area contributed by atoms with Crippen LogP contribution in [0.15, 0.2) is 24.4 Å². The average Bonchev–Trinajstić information content (AvgIpc) is 2.24. The number of rotatable bonds is 2. The van der Waals surface area contributed by atoms with Gasteiger partial charge in [0.25, 0.3) is 0 Å². The summed E-state index contributed by atoms with van der Waals surface area (Å²) in [5.41, 5.74) is 0.612. The minimum atomic E-state index is -0.469. The van der Waals surface area contributed by atoms with Crippen molar-refractivity contribution < 1.29 is 4.39 Å². The van der Waals surface area contributed by atoms with Crippen molar-refractivity contribution in [3.8, 4) is 0 Å². The second-order valence-electron chi connectivity index (χ2n) is 2.93. The zero-order chi connectivity index (χ0) is 11.5. The quantitative estimate of drug-likeness (QED) is 0.811.